The predicted octanol–water partition coefficient (Wildman–Crippen LogP) is 4.16. The maximum atomic E-state index is 3.57. The fraction of sp³-hybridized carbons (Fsp3) is 0.600. The second kappa shape index (κ2) is 7.45. The molecule has 0 aromatic heterocycles. The summed E-state index contributed by atoms with van der Waals surface area (Å²) >= 11 is 0. The van der Waals surface area contributed by atoms with Crippen LogP contribution in [0, 0.1) is 5.92 Å². The van der Waals surface area contributed by atoms with Gasteiger partial charge in [-0.05, 0) is 31.4 Å². The second-order valence-electron chi connectivity index (χ2n) is 4.98. The number of hydrogen-bond acceptors (Lipinski definition) is 1. The average molecular weight is 219 g/mol. The van der Waals surface area contributed by atoms with Crippen LogP contribution in [0.15, 0.2) is 30.3 Å². The lowest BCUT2D eigenvalue weighted by atomic mass is 10.1. The zero-order valence-corrected chi connectivity index (χ0v) is 10.9. The van der Waals surface area contributed by atoms with Crippen LogP contribution < -0.4 is 5.32 Å². The summed E-state index contributed by atoms with van der Waals surface area (Å²) in [5.41, 5.74) is 1.38. The van der Waals surface area contributed by atoms with Crippen LogP contribution in [0.5, 0.6) is 0 Å². The largest absolute Gasteiger partial charge is 0.310 e. The molecule has 0 aliphatic rings. The molecule has 16 heavy (non-hydrogen) atoms. The van der Waals surface area contributed by atoms with E-state index in [9.17, 15) is 0 Å². The van der Waals surface area contributed by atoms with E-state index >= 15 is 0 Å². The van der Waals surface area contributed by atoms with Gasteiger partial charge in [-0.15, -0.1) is 0 Å². The predicted molar refractivity (Wildman–Crippen MR) is 71.5 cm³/mol. The molecule has 1 aromatic carbocycles. The number of unbranched alkanes of at least 4 members (excludes halogenated alkanes) is 1. The van der Waals surface area contributed by atoms with Crippen LogP contribution in [0.3, 0.4) is 0 Å². The Morgan fingerprint density at radius 2 is 1.69 bits per heavy atom. The smallest absolute Gasteiger partial charge is 0.0291 e. The first-order chi connectivity index (χ1) is 7.70. The molecule has 1 aromatic rings. The summed E-state index contributed by atoms with van der Waals surface area (Å²) in [5, 5.41) is 3.57. The van der Waals surface area contributed by atoms with Gasteiger partial charge in [0.05, 0.1) is 0 Å². The van der Waals surface area contributed by atoms with E-state index in [1.807, 2.05) is 0 Å². The van der Waals surface area contributed by atoms with Crippen molar-refractivity contribution in [2.24, 2.45) is 5.92 Å². The molecule has 90 valence electrons. The van der Waals surface area contributed by atoms with E-state index in [4.69, 9.17) is 0 Å². The van der Waals surface area contributed by atoms with Crippen LogP contribution in [0.1, 0.15) is 51.6 Å². The van der Waals surface area contributed by atoms with Crippen molar-refractivity contribution in [2.75, 3.05) is 6.54 Å². The molecule has 0 heterocycles. The Bertz CT molecular complexity index is 266. The van der Waals surface area contributed by atoms with Gasteiger partial charge in [0.25, 0.3) is 0 Å². The van der Waals surface area contributed by atoms with Crippen molar-refractivity contribution >= 4 is 0 Å². The van der Waals surface area contributed by atoms with Gasteiger partial charge < -0.3 is 5.32 Å². The molecule has 1 rings (SSSR count). The molecule has 0 aliphatic carbocycles. The summed E-state index contributed by atoms with van der Waals surface area (Å²) in [6.45, 7) is 7.95. The van der Waals surface area contributed by atoms with Crippen LogP contribution >= 0.6 is 0 Å². The Hall–Kier alpha value is -0.820. The first-order valence-corrected chi connectivity index (χ1v) is 6.48. The van der Waals surface area contributed by atoms with Crippen molar-refractivity contribution in [1.82, 2.24) is 5.32 Å². The molecular weight excluding hydrogens is 194 g/mol. The summed E-state index contributed by atoms with van der Waals surface area (Å²) < 4.78 is 0. The Labute approximate surface area is 100 Å². The van der Waals surface area contributed by atoms with E-state index in [-0.39, 0.29) is 0 Å². The lowest BCUT2D eigenvalue weighted by Crippen LogP contribution is -2.19. The molecule has 1 atom stereocenters. The highest BCUT2D eigenvalue weighted by atomic mass is 14.9. The fourth-order valence-electron chi connectivity index (χ4n) is 1.86. The van der Waals surface area contributed by atoms with Gasteiger partial charge >= 0.3 is 0 Å². The third-order valence-corrected chi connectivity index (χ3v) is 2.96. The van der Waals surface area contributed by atoms with E-state index < -0.39 is 0 Å². The first kappa shape index (κ1) is 13.2. The lowest BCUT2D eigenvalue weighted by molar-refractivity contribution is 0.498. The highest BCUT2D eigenvalue weighted by Crippen LogP contribution is 2.11. The summed E-state index contributed by atoms with van der Waals surface area (Å²) in [6, 6.07) is 11.1. The molecule has 0 spiro atoms. The van der Waals surface area contributed by atoms with Crippen molar-refractivity contribution in [2.45, 2.75) is 46.1 Å². The van der Waals surface area contributed by atoms with Crippen molar-refractivity contribution in [3.05, 3.63) is 35.9 Å². The molecular formula is C15H25N. The molecule has 0 fully saturated rings. The average Bonchev–Trinajstić information content (AvgIpc) is 2.29. The topological polar surface area (TPSA) is 12.0 Å². The van der Waals surface area contributed by atoms with E-state index in [1.54, 1.807) is 0 Å². The zero-order chi connectivity index (χ0) is 11.8. The Morgan fingerprint density at radius 1 is 1.00 bits per heavy atom. The SMILES string of the molecule is CC(C)CCCCN[C@@H](C)c1ccccc1. The maximum Gasteiger partial charge on any atom is 0.0291 e. The van der Waals surface area contributed by atoms with E-state index in [0.717, 1.165) is 12.5 Å². The molecule has 1 N–H and O–H groups in total. The summed E-state index contributed by atoms with van der Waals surface area (Å²) in [7, 11) is 0. The third-order valence-electron chi connectivity index (χ3n) is 2.96. The molecule has 0 unspecified atom stereocenters. The molecule has 0 bridgehead atoms. The van der Waals surface area contributed by atoms with Gasteiger partial charge in [-0.2, -0.15) is 0 Å². The minimum atomic E-state index is 0.472. The Morgan fingerprint density at radius 3 is 2.31 bits per heavy atom. The van der Waals surface area contributed by atoms with Gasteiger partial charge in [-0.1, -0.05) is 57.0 Å². The van der Waals surface area contributed by atoms with E-state index in [2.05, 4.69) is 56.4 Å². The van der Waals surface area contributed by atoms with Gasteiger partial charge in [-0.25, -0.2) is 0 Å². The van der Waals surface area contributed by atoms with Gasteiger partial charge in [0.1, 0.15) is 0 Å². The summed E-state index contributed by atoms with van der Waals surface area (Å²) in [4.78, 5) is 0. The molecule has 0 aliphatic heterocycles. The van der Waals surface area contributed by atoms with Crippen LogP contribution in [-0.4, -0.2) is 6.54 Å². The lowest BCUT2D eigenvalue weighted by Gasteiger charge is -2.14. The monoisotopic (exact) mass is 219 g/mol. The summed E-state index contributed by atoms with van der Waals surface area (Å²) in [6.07, 6.45) is 3.98. The number of hydrogen-bond donors (Lipinski definition) is 1. The van der Waals surface area contributed by atoms with Crippen molar-refractivity contribution in [1.29, 1.82) is 0 Å². The molecule has 0 saturated heterocycles. The fourth-order valence-corrected chi connectivity index (χ4v) is 1.86. The van der Waals surface area contributed by atoms with Crippen molar-refractivity contribution < 1.29 is 0 Å². The normalized spacial score (nSPS) is 13.0. The first-order valence-electron chi connectivity index (χ1n) is 6.48. The quantitative estimate of drug-likeness (QED) is 0.679. The number of rotatable bonds is 7. The second-order valence-corrected chi connectivity index (χ2v) is 4.98. The molecule has 0 amide bonds. The Balaban J connectivity index is 2.14. The number of benzene rings is 1. The number of nitrogens with one attached hydrogen (secondary N) is 1. The minimum Gasteiger partial charge on any atom is -0.310 e. The van der Waals surface area contributed by atoms with Crippen molar-refractivity contribution in [3.8, 4) is 0 Å². The van der Waals surface area contributed by atoms with Gasteiger partial charge in [0.2, 0.25) is 0 Å². The summed E-state index contributed by atoms with van der Waals surface area (Å²) in [5.74, 6) is 0.839. The maximum absolute atomic E-state index is 3.57. The highest BCUT2D eigenvalue weighted by molar-refractivity contribution is 5.17. The van der Waals surface area contributed by atoms with Gasteiger partial charge in [-0.3, -0.25) is 0 Å². The Kier molecular flexibility index (Phi) is 6.17. The van der Waals surface area contributed by atoms with Crippen molar-refractivity contribution in [3.63, 3.8) is 0 Å². The van der Waals surface area contributed by atoms with Gasteiger partial charge in [0, 0.05) is 6.04 Å². The minimum absolute atomic E-state index is 0.472. The van der Waals surface area contributed by atoms with Crippen LogP contribution in [0.2, 0.25) is 0 Å². The van der Waals surface area contributed by atoms with Crippen LogP contribution in [0.25, 0.3) is 0 Å². The highest BCUT2D eigenvalue weighted by Gasteiger charge is 2.02. The molecule has 1 nitrogen and oxygen atoms in total. The molecule has 0 saturated carbocycles. The van der Waals surface area contributed by atoms with E-state index in [1.165, 1.54) is 24.8 Å². The zero-order valence-electron chi connectivity index (χ0n) is 10.9. The van der Waals surface area contributed by atoms with E-state index in [0.29, 0.717) is 6.04 Å². The molecule has 1 heteroatoms. The standard InChI is InChI=1S/C15H25N/c1-13(2)9-7-8-12-16-14(3)15-10-5-4-6-11-15/h4-6,10-11,13-14,16H,7-9,12H2,1-3H3/t14-/m0/s1. The van der Waals surface area contributed by atoms with Gasteiger partial charge in [0.15, 0.2) is 0 Å². The third kappa shape index (κ3) is 5.32. The molecule has 0 radical (unpaired) electrons. The van der Waals surface area contributed by atoms with Crippen LogP contribution in [-0.2, 0) is 0 Å². The van der Waals surface area contributed by atoms with Crippen LogP contribution in [0.4, 0.5) is 0 Å².